The highest BCUT2D eigenvalue weighted by Crippen LogP contribution is 2.24. The number of nitrogens with two attached hydrogens (primary N) is 1. The van der Waals surface area contributed by atoms with Crippen LogP contribution in [0, 0.1) is 5.41 Å². The van der Waals surface area contributed by atoms with Crippen LogP contribution in [0.2, 0.25) is 0 Å². The number of nitrogens with one attached hydrogen (secondary N) is 1. The maximum atomic E-state index is 12.9. The summed E-state index contributed by atoms with van der Waals surface area (Å²) in [6.07, 6.45) is 0. The average Bonchev–Trinajstić information content (AvgIpc) is 2.60. The molecule has 0 aliphatic rings. The number of rotatable bonds is 5. The Hall–Kier alpha value is -2.38. The summed E-state index contributed by atoms with van der Waals surface area (Å²) < 4.78 is 26.9. The van der Waals surface area contributed by atoms with Crippen LogP contribution in [0.25, 0.3) is 0 Å². The lowest BCUT2D eigenvalue weighted by atomic mass is 9.87. The second-order valence-corrected chi connectivity index (χ2v) is 9.14. The Balaban J connectivity index is 2.27. The van der Waals surface area contributed by atoms with E-state index < -0.39 is 21.5 Å². The molecule has 0 fully saturated rings. The van der Waals surface area contributed by atoms with Gasteiger partial charge in [-0.2, -0.15) is 0 Å². The van der Waals surface area contributed by atoms with Crippen molar-refractivity contribution in [2.24, 2.45) is 11.1 Å². The maximum absolute atomic E-state index is 12.9. The fourth-order valence-electron chi connectivity index (χ4n) is 2.28. The summed E-state index contributed by atoms with van der Waals surface area (Å²) in [5, 5.41) is 2.69. The molecule has 0 spiro atoms. The summed E-state index contributed by atoms with van der Waals surface area (Å²) in [5.74, 6) is -0.358. The SMILES string of the molecule is CN(c1ccccc1)S(=O)(=O)c1cccc(NC(=O)[C@@H](N)C(C)(C)C)c1. The molecule has 26 heavy (non-hydrogen) atoms. The number of benzene rings is 2. The zero-order valence-corrected chi connectivity index (χ0v) is 16.2. The Labute approximate surface area is 155 Å². The number of para-hydroxylation sites is 1. The first-order valence-corrected chi connectivity index (χ1v) is 9.68. The number of anilines is 2. The number of amides is 1. The molecule has 2 aromatic carbocycles. The maximum Gasteiger partial charge on any atom is 0.264 e. The van der Waals surface area contributed by atoms with Crippen LogP contribution >= 0.6 is 0 Å². The topological polar surface area (TPSA) is 92.5 Å². The lowest BCUT2D eigenvalue weighted by Gasteiger charge is -2.26. The highest BCUT2D eigenvalue weighted by molar-refractivity contribution is 7.92. The minimum absolute atomic E-state index is 0.0889. The van der Waals surface area contributed by atoms with Crippen LogP contribution in [0.5, 0.6) is 0 Å². The Morgan fingerprint density at radius 2 is 1.69 bits per heavy atom. The fourth-order valence-corrected chi connectivity index (χ4v) is 3.52. The molecule has 1 atom stereocenters. The van der Waals surface area contributed by atoms with Gasteiger partial charge in [-0.05, 0) is 35.7 Å². The molecule has 0 aromatic heterocycles. The standard InChI is InChI=1S/C19H25N3O3S/c1-19(2,3)17(20)18(23)21-14-9-8-12-16(13-14)26(24,25)22(4)15-10-6-5-7-11-15/h5-13,17H,20H2,1-4H3,(H,21,23)/t17-/m1/s1. The summed E-state index contributed by atoms with van der Waals surface area (Å²) in [6, 6.07) is 14.2. The van der Waals surface area contributed by atoms with E-state index in [1.165, 1.54) is 23.5 Å². The van der Waals surface area contributed by atoms with Gasteiger partial charge < -0.3 is 11.1 Å². The van der Waals surface area contributed by atoms with Gasteiger partial charge in [-0.3, -0.25) is 9.10 Å². The summed E-state index contributed by atoms with van der Waals surface area (Å²) in [6.45, 7) is 5.60. The first kappa shape index (κ1) is 19.9. The van der Waals surface area contributed by atoms with E-state index in [1.807, 2.05) is 26.8 Å². The van der Waals surface area contributed by atoms with E-state index in [2.05, 4.69) is 5.32 Å². The number of carbonyl (C=O) groups is 1. The molecule has 0 saturated heterocycles. The lowest BCUT2D eigenvalue weighted by molar-refractivity contribution is -0.119. The van der Waals surface area contributed by atoms with Gasteiger partial charge in [0.1, 0.15) is 0 Å². The van der Waals surface area contributed by atoms with Crippen molar-refractivity contribution >= 4 is 27.3 Å². The second-order valence-electron chi connectivity index (χ2n) is 7.17. The molecule has 0 aliphatic heterocycles. The molecule has 0 unspecified atom stereocenters. The summed E-state index contributed by atoms with van der Waals surface area (Å²) in [7, 11) is -2.26. The van der Waals surface area contributed by atoms with Crippen LogP contribution in [0.15, 0.2) is 59.5 Å². The van der Waals surface area contributed by atoms with Crippen molar-refractivity contribution < 1.29 is 13.2 Å². The molecule has 0 radical (unpaired) electrons. The highest BCUT2D eigenvalue weighted by atomic mass is 32.2. The van der Waals surface area contributed by atoms with Gasteiger partial charge in [0.15, 0.2) is 0 Å². The van der Waals surface area contributed by atoms with Gasteiger partial charge in [0.2, 0.25) is 5.91 Å². The summed E-state index contributed by atoms with van der Waals surface area (Å²) in [4.78, 5) is 12.4. The van der Waals surface area contributed by atoms with Crippen LogP contribution in [-0.2, 0) is 14.8 Å². The van der Waals surface area contributed by atoms with Crippen molar-refractivity contribution in [1.29, 1.82) is 0 Å². The molecule has 0 saturated carbocycles. The van der Waals surface area contributed by atoms with Crippen molar-refractivity contribution in [3.8, 4) is 0 Å². The van der Waals surface area contributed by atoms with Gasteiger partial charge >= 0.3 is 0 Å². The van der Waals surface area contributed by atoms with Crippen LogP contribution in [0.4, 0.5) is 11.4 Å². The molecule has 7 heteroatoms. The van der Waals surface area contributed by atoms with Gasteiger partial charge in [0.05, 0.1) is 16.6 Å². The Morgan fingerprint density at radius 3 is 2.27 bits per heavy atom. The summed E-state index contributed by atoms with van der Waals surface area (Å²) in [5.41, 5.74) is 6.49. The molecular weight excluding hydrogens is 350 g/mol. The number of carbonyl (C=O) groups excluding carboxylic acids is 1. The van der Waals surface area contributed by atoms with E-state index >= 15 is 0 Å². The molecule has 3 N–H and O–H groups in total. The van der Waals surface area contributed by atoms with Gasteiger partial charge in [0, 0.05) is 12.7 Å². The van der Waals surface area contributed by atoms with E-state index in [-0.39, 0.29) is 10.8 Å². The minimum Gasteiger partial charge on any atom is -0.325 e. The normalized spacial score (nSPS) is 13.1. The third kappa shape index (κ3) is 4.42. The van der Waals surface area contributed by atoms with E-state index in [0.29, 0.717) is 11.4 Å². The number of nitrogens with zero attached hydrogens (tertiary/aromatic N) is 1. The van der Waals surface area contributed by atoms with E-state index in [1.54, 1.807) is 36.4 Å². The van der Waals surface area contributed by atoms with Crippen LogP contribution in [0.1, 0.15) is 20.8 Å². The predicted octanol–water partition coefficient (Wildman–Crippen LogP) is 2.82. The van der Waals surface area contributed by atoms with Crippen molar-refractivity contribution in [3.05, 3.63) is 54.6 Å². The monoisotopic (exact) mass is 375 g/mol. The molecule has 1 amide bonds. The van der Waals surface area contributed by atoms with Gasteiger partial charge in [-0.15, -0.1) is 0 Å². The molecule has 0 bridgehead atoms. The zero-order valence-electron chi connectivity index (χ0n) is 15.4. The molecule has 140 valence electrons. The van der Waals surface area contributed by atoms with Crippen LogP contribution in [0.3, 0.4) is 0 Å². The quantitative estimate of drug-likeness (QED) is 0.840. The average molecular weight is 375 g/mol. The minimum atomic E-state index is -3.75. The fraction of sp³-hybridized carbons (Fsp3) is 0.316. The summed E-state index contributed by atoms with van der Waals surface area (Å²) >= 11 is 0. The predicted molar refractivity (Wildman–Crippen MR) is 105 cm³/mol. The Kier molecular flexibility index (Phi) is 5.73. The van der Waals surface area contributed by atoms with Gasteiger partial charge in [-0.25, -0.2) is 8.42 Å². The third-order valence-corrected chi connectivity index (χ3v) is 5.88. The molecule has 0 heterocycles. The van der Waals surface area contributed by atoms with Crippen LogP contribution < -0.4 is 15.4 Å². The van der Waals surface area contributed by atoms with Crippen molar-refractivity contribution in [2.45, 2.75) is 31.7 Å². The molecule has 0 aliphatic carbocycles. The molecule has 6 nitrogen and oxygen atoms in total. The zero-order chi connectivity index (χ0) is 19.5. The van der Waals surface area contributed by atoms with Gasteiger partial charge in [0.25, 0.3) is 10.0 Å². The van der Waals surface area contributed by atoms with E-state index in [4.69, 9.17) is 5.73 Å². The first-order chi connectivity index (χ1) is 12.0. The van der Waals surface area contributed by atoms with Gasteiger partial charge in [-0.1, -0.05) is 45.0 Å². The van der Waals surface area contributed by atoms with Crippen molar-refractivity contribution in [3.63, 3.8) is 0 Å². The lowest BCUT2D eigenvalue weighted by Crippen LogP contribution is -2.45. The van der Waals surface area contributed by atoms with E-state index in [0.717, 1.165) is 0 Å². The largest absolute Gasteiger partial charge is 0.325 e. The smallest absolute Gasteiger partial charge is 0.264 e. The second kappa shape index (κ2) is 7.47. The first-order valence-electron chi connectivity index (χ1n) is 8.24. The van der Waals surface area contributed by atoms with E-state index in [9.17, 15) is 13.2 Å². The van der Waals surface area contributed by atoms with Crippen LogP contribution in [-0.4, -0.2) is 27.4 Å². The molecule has 2 aromatic rings. The number of hydrogen-bond acceptors (Lipinski definition) is 4. The highest BCUT2D eigenvalue weighted by Gasteiger charge is 2.28. The Bertz CT molecular complexity index is 874. The molecular formula is C19H25N3O3S. The Morgan fingerprint density at radius 1 is 1.08 bits per heavy atom. The third-order valence-electron chi connectivity index (χ3n) is 4.10. The number of sulfonamides is 1. The van der Waals surface area contributed by atoms with Crippen molar-refractivity contribution in [2.75, 3.05) is 16.7 Å². The van der Waals surface area contributed by atoms with Crippen molar-refractivity contribution in [1.82, 2.24) is 0 Å². The molecule has 2 rings (SSSR count). The number of hydrogen-bond donors (Lipinski definition) is 2.